The second-order valence-corrected chi connectivity index (χ2v) is 7.68. The van der Waals surface area contributed by atoms with Crippen LogP contribution >= 0.6 is 24.0 Å². The zero-order valence-electron chi connectivity index (χ0n) is 18.7. The van der Waals surface area contributed by atoms with Crippen LogP contribution in [-0.4, -0.2) is 71.3 Å². The van der Waals surface area contributed by atoms with Gasteiger partial charge in [0.25, 0.3) is 0 Å². The number of para-hydroxylation sites is 1. The molecule has 0 unspecified atom stereocenters. The van der Waals surface area contributed by atoms with Gasteiger partial charge < -0.3 is 15.5 Å². The van der Waals surface area contributed by atoms with Crippen LogP contribution in [0.4, 0.5) is 5.69 Å². The predicted octanol–water partition coefficient (Wildman–Crippen LogP) is 2.61. The van der Waals surface area contributed by atoms with Gasteiger partial charge in [0.1, 0.15) is 6.54 Å². The molecule has 1 aromatic carbocycles. The van der Waals surface area contributed by atoms with Crippen LogP contribution in [0, 0.1) is 0 Å². The Kier molecular flexibility index (Phi) is 9.54. The van der Waals surface area contributed by atoms with Crippen molar-refractivity contribution < 1.29 is 0 Å². The van der Waals surface area contributed by atoms with Gasteiger partial charge in [-0.25, -0.2) is 4.99 Å². The van der Waals surface area contributed by atoms with Crippen molar-refractivity contribution >= 4 is 41.3 Å². The minimum Gasteiger partial charge on any atom is -0.369 e. The summed E-state index contributed by atoms with van der Waals surface area (Å²) in [5, 5.41) is 15.2. The molecule has 32 heavy (non-hydrogen) atoms. The summed E-state index contributed by atoms with van der Waals surface area (Å²) in [5.41, 5.74) is 2.17. The van der Waals surface area contributed by atoms with Crippen molar-refractivity contribution in [2.45, 2.75) is 19.9 Å². The Morgan fingerprint density at radius 2 is 1.75 bits per heavy atom. The van der Waals surface area contributed by atoms with Crippen LogP contribution in [0.15, 0.2) is 59.7 Å². The van der Waals surface area contributed by atoms with Crippen molar-refractivity contribution in [3.8, 4) is 0 Å². The molecule has 8 nitrogen and oxygen atoms in total. The first-order valence-corrected chi connectivity index (χ1v) is 11.2. The molecule has 2 aromatic heterocycles. The second-order valence-electron chi connectivity index (χ2n) is 7.68. The molecule has 1 aliphatic heterocycles. The molecule has 2 N–H and O–H groups in total. The van der Waals surface area contributed by atoms with Crippen molar-refractivity contribution in [3.05, 3.63) is 60.6 Å². The van der Waals surface area contributed by atoms with Crippen LogP contribution < -0.4 is 15.5 Å². The van der Waals surface area contributed by atoms with Gasteiger partial charge in [-0.05, 0) is 44.2 Å². The average molecular weight is 548 g/mol. The summed E-state index contributed by atoms with van der Waals surface area (Å²) in [6, 6.07) is 16.6. The van der Waals surface area contributed by atoms with Crippen molar-refractivity contribution in [1.82, 2.24) is 30.1 Å². The summed E-state index contributed by atoms with van der Waals surface area (Å²) in [6.45, 7) is 9.80. The minimum atomic E-state index is 0. The molecule has 0 atom stereocenters. The maximum Gasteiger partial charge on any atom is 0.191 e. The summed E-state index contributed by atoms with van der Waals surface area (Å²) in [5.74, 6) is 1.66. The number of halogens is 1. The molecule has 1 fully saturated rings. The highest BCUT2D eigenvalue weighted by Gasteiger charge is 2.16. The van der Waals surface area contributed by atoms with Crippen molar-refractivity contribution in [2.75, 3.05) is 50.7 Å². The van der Waals surface area contributed by atoms with E-state index in [1.807, 2.05) is 28.8 Å². The molecule has 172 valence electrons. The van der Waals surface area contributed by atoms with Crippen LogP contribution in [0.25, 0.3) is 5.65 Å². The fourth-order valence-corrected chi connectivity index (χ4v) is 3.87. The molecule has 0 radical (unpaired) electrons. The number of benzene rings is 1. The summed E-state index contributed by atoms with van der Waals surface area (Å²) in [4.78, 5) is 9.70. The monoisotopic (exact) mass is 548 g/mol. The molecule has 0 amide bonds. The van der Waals surface area contributed by atoms with Gasteiger partial charge in [0.15, 0.2) is 17.4 Å². The molecular weight excluding hydrogens is 515 g/mol. The maximum atomic E-state index is 4.68. The molecule has 9 heteroatoms. The van der Waals surface area contributed by atoms with Gasteiger partial charge in [-0.1, -0.05) is 24.3 Å². The molecule has 0 spiro atoms. The highest BCUT2D eigenvalue weighted by molar-refractivity contribution is 14.0. The molecule has 4 rings (SSSR count). The third-order valence-corrected chi connectivity index (χ3v) is 5.54. The van der Waals surface area contributed by atoms with Crippen molar-refractivity contribution in [1.29, 1.82) is 0 Å². The Morgan fingerprint density at radius 3 is 2.53 bits per heavy atom. The first-order chi connectivity index (χ1) is 15.3. The Bertz CT molecular complexity index is 966. The van der Waals surface area contributed by atoms with E-state index in [4.69, 9.17) is 0 Å². The van der Waals surface area contributed by atoms with Crippen LogP contribution in [0.2, 0.25) is 0 Å². The zero-order chi connectivity index (χ0) is 21.3. The van der Waals surface area contributed by atoms with Crippen molar-refractivity contribution in [2.24, 2.45) is 4.99 Å². The lowest BCUT2D eigenvalue weighted by Crippen LogP contribution is -2.47. The molecule has 3 aromatic rings. The lowest BCUT2D eigenvalue weighted by molar-refractivity contribution is 0.255. The Labute approximate surface area is 207 Å². The van der Waals surface area contributed by atoms with E-state index >= 15 is 0 Å². The fraction of sp³-hybridized carbons (Fsp3) is 0.435. The highest BCUT2D eigenvalue weighted by Crippen LogP contribution is 2.15. The Morgan fingerprint density at radius 1 is 0.969 bits per heavy atom. The lowest BCUT2D eigenvalue weighted by Gasteiger charge is -2.36. The lowest BCUT2D eigenvalue weighted by atomic mass is 10.2. The number of fused-ring (bicyclic) bond motifs is 1. The number of piperazine rings is 1. The molecule has 3 heterocycles. The molecule has 1 saturated heterocycles. The normalized spacial score (nSPS) is 14.9. The van der Waals surface area contributed by atoms with E-state index in [1.165, 1.54) is 5.69 Å². The third kappa shape index (κ3) is 6.55. The Hall–Kier alpha value is -2.40. The molecule has 1 aliphatic rings. The number of hydrogen-bond donors (Lipinski definition) is 2. The largest absolute Gasteiger partial charge is 0.369 e. The molecule has 0 saturated carbocycles. The zero-order valence-corrected chi connectivity index (χ0v) is 21.0. The van der Waals surface area contributed by atoms with Gasteiger partial charge in [-0.3, -0.25) is 9.30 Å². The van der Waals surface area contributed by atoms with Gasteiger partial charge in [0.2, 0.25) is 0 Å². The summed E-state index contributed by atoms with van der Waals surface area (Å²) >= 11 is 0. The summed E-state index contributed by atoms with van der Waals surface area (Å²) < 4.78 is 1.97. The number of aromatic nitrogens is 3. The molecule has 0 bridgehead atoms. The summed E-state index contributed by atoms with van der Waals surface area (Å²) in [7, 11) is 0. The van der Waals surface area contributed by atoms with E-state index in [2.05, 4.69) is 72.9 Å². The highest BCUT2D eigenvalue weighted by atomic mass is 127. The predicted molar refractivity (Wildman–Crippen MR) is 141 cm³/mol. The number of guanidine groups is 1. The topological polar surface area (TPSA) is 73.1 Å². The Balaban J connectivity index is 0.00000289. The van der Waals surface area contributed by atoms with E-state index in [0.29, 0.717) is 6.54 Å². The molecule has 0 aliphatic carbocycles. The van der Waals surface area contributed by atoms with Gasteiger partial charge in [-0.15, -0.1) is 34.2 Å². The number of anilines is 1. The van der Waals surface area contributed by atoms with Gasteiger partial charge in [0.05, 0.1) is 0 Å². The first-order valence-electron chi connectivity index (χ1n) is 11.2. The summed E-state index contributed by atoms with van der Waals surface area (Å²) in [6.07, 6.45) is 3.06. The van der Waals surface area contributed by atoms with Crippen LogP contribution in [0.1, 0.15) is 19.2 Å². The number of pyridine rings is 1. The van der Waals surface area contributed by atoms with Gasteiger partial charge >= 0.3 is 0 Å². The number of hydrogen-bond acceptors (Lipinski definition) is 5. The number of aliphatic imine (C=N–C) groups is 1. The van der Waals surface area contributed by atoms with Crippen LogP contribution in [0.5, 0.6) is 0 Å². The maximum absolute atomic E-state index is 4.68. The number of nitrogens with zero attached hydrogens (tertiary/aromatic N) is 6. The number of rotatable bonds is 8. The van der Waals surface area contributed by atoms with E-state index in [-0.39, 0.29) is 24.0 Å². The van der Waals surface area contributed by atoms with Crippen LogP contribution in [-0.2, 0) is 6.54 Å². The number of nitrogens with one attached hydrogen (secondary N) is 2. The van der Waals surface area contributed by atoms with Gasteiger partial charge in [0, 0.05) is 51.2 Å². The van der Waals surface area contributed by atoms with E-state index in [9.17, 15) is 0 Å². The molecular formula is C23H33IN8. The average Bonchev–Trinajstić information content (AvgIpc) is 3.24. The second kappa shape index (κ2) is 12.6. The van der Waals surface area contributed by atoms with E-state index in [0.717, 1.165) is 69.7 Å². The van der Waals surface area contributed by atoms with Gasteiger partial charge in [-0.2, -0.15) is 0 Å². The van der Waals surface area contributed by atoms with Crippen molar-refractivity contribution in [3.63, 3.8) is 0 Å². The quantitative estimate of drug-likeness (QED) is 0.195. The fourth-order valence-electron chi connectivity index (χ4n) is 3.87. The third-order valence-electron chi connectivity index (χ3n) is 5.54. The minimum absolute atomic E-state index is 0. The first kappa shape index (κ1) is 24.2. The van der Waals surface area contributed by atoms with Crippen LogP contribution in [0.3, 0.4) is 0 Å². The smallest absolute Gasteiger partial charge is 0.191 e. The van der Waals surface area contributed by atoms with E-state index in [1.54, 1.807) is 0 Å². The van der Waals surface area contributed by atoms with E-state index < -0.39 is 0 Å². The SMILES string of the molecule is CCNC(=NCc1nnc2ccccn12)NCCCN1CCN(c2ccccc2)CC1.I. The standard InChI is InChI=1S/C23H32N8.HI/c1-2-24-23(26-19-22-28-27-21-11-6-7-14-31(21)22)25-12-8-13-29-15-17-30(18-16-29)20-9-4-3-5-10-20;/h3-7,9-11,14H,2,8,12-13,15-19H2,1H3,(H2,24,25,26);1H.